The van der Waals surface area contributed by atoms with Gasteiger partial charge in [-0.05, 0) is 49.1 Å². The second kappa shape index (κ2) is 6.44. The number of benzene rings is 1. The van der Waals surface area contributed by atoms with E-state index in [-0.39, 0.29) is 18.3 Å². The maximum Gasteiger partial charge on any atom is 0.293 e. The predicted molar refractivity (Wildman–Crippen MR) is 90.9 cm³/mol. The molecular formula is C17H21ClN2O2. The molecule has 1 aromatic heterocycles. The van der Waals surface area contributed by atoms with Crippen molar-refractivity contribution in [2.45, 2.75) is 33.1 Å². The molecule has 5 heteroatoms. The molecule has 0 bridgehead atoms. The summed E-state index contributed by atoms with van der Waals surface area (Å²) in [5.41, 5.74) is 9.80. The number of nitrogens with two attached hydrogens (primary N) is 1. The van der Waals surface area contributed by atoms with Crippen LogP contribution in [0.5, 0.6) is 0 Å². The Morgan fingerprint density at radius 2 is 2.18 bits per heavy atom. The Kier molecular flexibility index (Phi) is 4.81. The van der Waals surface area contributed by atoms with Crippen molar-refractivity contribution in [3.63, 3.8) is 0 Å². The molecule has 1 aliphatic heterocycles. The van der Waals surface area contributed by atoms with Crippen molar-refractivity contribution in [3.05, 3.63) is 46.9 Å². The summed E-state index contributed by atoms with van der Waals surface area (Å²) in [7, 11) is 0. The smallest absolute Gasteiger partial charge is 0.293 e. The molecule has 118 valence electrons. The fraction of sp³-hybridized carbons (Fsp3) is 0.353. The van der Waals surface area contributed by atoms with Gasteiger partial charge in [-0.2, -0.15) is 0 Å². The zero-order chi connectivity index (χ0) is 15.0. The number of halogens is 1. The van der Waals surface area contributed by atoms with Crippen molar-refractivity contribution in [2.75, 3.05) is 17.2 Å². The number of hydrogen-bond donors (Lipinski definition) is 1. The van der Waals surface area contributed by atoms with Gasteiger partial charge in [0.1, 0.15) is 5.76 Å². The van der Waals surface area contributed by atoms with E-state index in [0.717, 1.165) is 47.5 Å². The van der Waals surface area contributed by atoms with Crippen LogP contribution in [0.1, 0.15) is 40.8 Å². The molecule has 0 saturated heterocycles. The lowest BCUT2D eigenvalue weighted by molar-refractivity contribution is 0.0957. The highest BCUT2D eigenvalue weighted by molar-refractivity contribution is 6.05. The van der Waals surface area contributed by atoms with Crippen LogP contribution < -0.4 is 10.6 Å². The van der Waals surface area contributed by atoms with E-state index in [0.29, 0.717) is 12.3 Å². The summed E-state index contributed by atoms with van der Waals surface area (Å²) in [6.45, 7) is 4.70. The minimum Gasteiger partial charge on any atom is -0.456 e. The van der Waals surface area contributed by atoms with Crippen LogP contribution in [-0.2, 0) is 12.8 Å². The van der Waals surface area contributed by atoms with Gasteiger partial charge in [0.15, 0.2) is 5.76 Å². The van der Waals surface area contributed by atoms with Crippen LogP contribution in [0, 0.1) is 6.92 Å². The number of carbonyl (C=O) groups excluding carboxylic acids is 1. The lowest BCUT2D eigenvalue weighted by atomic mass is 9.99. The number of amides is 1. The molecule has 4 nitrogen and oxygen atoms in total. The van der Waals surface area contributed by atoms with Gasteiger partial charge in [-0.25, -0.2) is 0 Å². The first-order chi connectivity index (χ1) is 10.1. The number of nitrogen functional groups attached to an aromatic ring is 1. The Labute approximate surface area is 136 Å². The van der Waals surface area contributed by atoms with Gasteiger partial charge in [0.2, 0.25) is 0 Å². The Morgan fingerprint density at radius 1 is 1.41 bits per heavy atom. The molecule has 0 fully saturated rings. The summed E-state index contributed by atoms with van der Waals surface area (Å²) in [5.74, 6) is 1.21. The second-order valence-electron chi connectivity index (χ2n) is 5.48. The molecule has 22 heavy (non-hydrogen) atoms. The number of carbonyl (C=O) groups is 1. The average Bonchev–Trinajstić information content (AvgIpc) is 2.87. The van der Waals surface area contributed by atoms with Crippen LogP contribution in [0.3, 0.4) is 0 Å². The molecule has 0 aliphatic carbocycles. The predicted octanol–water partition coefficient (Wildman–Crippen LogP) is 3.75. The van der Waals surface area contributed by atoms with Crippen molar-refractivity contribution < 1.29 is 9.21 Å². The molecule has 1 aliphatic rings. The number of nitrogens with zero attached hydrogens (tertiary/aromatic N) is 1. The van der Waals surface area contributed by atoms with E-state index in [1.807, 2.05) is 38.1 Å². The van der Waals surface area contributed by atoms with Crippen LogP contribution in [0.4, 0.5) is 11.4 Å². The normalized spacial score (nSPS) is 13.5. The zero-order valence-electron chi connectivity index (χ0n) is 12.9. The molecule has 0 saturated carbocycles. The van der Waals surface area contributed by atoms with Gasteiger partial charge in [-0.1, -0.05) is 13.0 Å². The fourth-order valence-electron chi connectivity index (χ4n) is 2.97. The topological polar surface area (TPSA) is 59.5 Å². The minimum absolute atomic E-state index is 0. The minimum atomic E-state index is -0.0793. The molecule has 2 heterocycles. The molecule has 3 rings (SSSR count). The van der Waals surface area contributed by atoms with E-state index >= 15 is 0 Å². The summed E-state index contributed by atoms with van der Waals surface area (Å²) in [6.07, 6.45) is 2.64. The molecule has 2 aromatic rings. The maximum absolute atomic E-state index is 12.7. The SMILES string of the molecule is CCc1oc(C(=O)N2CCCc3c(N)cccc32)cc1C.Cl. The van der Waals surface area contributed by atoms with Crippen molar-refractivity contribution >= 4 is 29.7 Å². The summed E-state index contributed by atoms with van der Waals surface area (Å²) >= 11 is 0. The van der Waals surface area contributed by atoms with E-state index in [4.69, 9.17) is 10.2 Å². The molecule has 2 N–H and O–H groups in total. The highest BCUT2D eigenvalue weighted by Crippen LogP contribution is 2.32. The third kappa shape index (κ3) is 2.71. The van der Waals surface area contributed by atoms with E-state index in [2.05, 4.69) is 0 Å². The Bertz CT molecular complexity index is 694. The van der Waals surface area contributed by atoms with Gasteiger partial charge < -0.3 is 15.1 Å². The van der Waals surface area contributed by atoms with Gasteiger partial charge >= 0.3 is 0 Å². The van der Waals surface area contributed by atoms with Crippen molar-refractivity contribution in [1.29, 1.82) is 0 Å². The van der Waals surface area contributed by atoms with Crippen LogP contribution in [0.25, 0.3) is 0 Å². The van der Waals surface area contributed by atoms with Crippen LogP contribution in [0.2, 0.25) is 0 Å². The molecular weight excluding hydrogens is 300 g/mol. The van der Waals surface area contributed by atoms with Gasteiger partial charge in [0.25, 0.3) is 5.91 Å². The van der Waals surface area contributed by atoms with Crippen LogP contribution >= 0.6 is 12.4 Å². The molecule has 1 amide bonds. The average molecular weight is 321 g/mol. The summed E-state index contributed by atoms with van der Waals surface area (Å²) in [4.78, 5) is 14.5. The first-order valence-electron chi connectivity index (χ1n) is 7.40. The largest absolute Gasteiger partial charge is 0.456 e. The number of anilines is 2. The van der Waals surface area contributed by atoms with Crippen LogP contribution in [-0.4, -0.2) is 12.5 Å². The summed E-state index contributed by atoms with van der Waals surface area (Å²) in [6, 6.07) is 7.57. The third-order valence-corrected chi connectivity index (χ3v) is 4.08. The van der Waals surface area contributed by atoms with Gasteiger partial charge in [-0.15, -0.1) is 12.4 Å². The number of rotatable bonds is 2. The molecule has 0 unspecified atom stereocenters. The van der Waals surface area contributed by atoms with Crippen molar-refractivity contribution in [1.82, 2.24) is 0 Å². The Hall–Kier alpha value is -1.94. The Morgan fingerprint density at radius 3 is 2.86 bits per heavy atom. The molecule has 0 spiro atoms. The summed E-state index contributed by atoms with van der Waals surface area (Å²) in [5, 5.41) is 0. The van der Waals surface area contributed by atoms with Crippen molar-refractivity contribution in [3.8, 4) is 0 Å². The molecule has 1 aromatic carbocycles. The fourth-order valence-corrected chi connectivity index (χ4v) is 2.97. The highest BCUT2D eigenvalue weighted by Gasteiger charge is 2.27. The third-order valence-electron chi connectivity index (χ3n) is 4.08. The number of furan rings is 1. The standard InChI is InChI=1S/C17H20N2O2.ClH/c1-3-15-11(2)10-16(21-15)17(20)19-9-5-6-12-13(18)7-4-8-14(12)19;/h4,7-8,10H,3,5-6,9,18H2,1-2H3;1H. The Balaban J connectivity index is 0.00000176. The van der Waals surface area contributed by atoms with Gasteiger partial charge in [0.05, 0.1) is 0 Å². The van der Waals surface area contributed by atoms with E-state index in [1.54, 1.807) is 4.90 Å². The number of aryl methyl sites for hydroxylation is 2. The van der Waals surface area contributed by atoms with Crippen LogP contribution in [0.15, 0.2) is 28.7 Å². The monoisotopic (exact) mass is 320 g/mol. The first kappa shape index (κ1) is 16.4. The van der Waals surface area contributed by atoms with E-state index in [1.165, 1.54) is 0 Å². The zero-order valence-corrected chi connectivity index (χ0v) is 13.7. The second-order valence-corrected chi connectivity index (χ2v) is 5.48. The molecule has 0 radical (unpaired) electrons. The lowest BCUT2D eigenvalue weighted by Gasteiger charge is -2.29. The quantitative estimate of drug-likeness (QED) is 0.857. The number of hydrogen-bond acceptors (Lipinski definition) is 3. The molecule has 0 atom stereocenters. The van der Waals surface area contributed by atoms with E-state index in [9.17, 15) is 4.79 Å². The highest BCUT2D eigenvalue weighted by atomic mass is 35.5. The maximum atomic E-state index is 12.7. The lowest BCUT2D eigenvalue weighted by Crippen LogP contribution is -2.35. The summed E-state index contributed by atoms with van der Waals surface area (Å²) < 4.78 is 5.70. The van der Waals surface area contributed by atoms with E-state index < -0.39 is 0 Å². The van der Waals surface area contributed by atoms with Crippen molar-refractivity contribution in [2.24, 2.45) is 0 Å². The van der Waals surface area contributed by atoms with Gasteiger partial charge in [-0.3, -0.25) is 4.79 Å². The first-order valence-corrected chi connectivity index (χ1v) is 7.40. The van der Waals surface area contributed by atoms with Gasteiger partial charge in [0, 0.05) is 24.3 Å². The number of fused-ring (bicyclic) bond motifs is 1.